The first-order chi connectivity index (χ1) is 9.65. The van der Waals surface area contributed by atoms with Crippen LogP contribution in [0.4, 0.5) is 0 Å². The molecule has 3 heteroatoms. The van der Waals surface area contributed by atoms with E-state index in [0.29, 0.717) is 11.5 Å². The fourth-order valence-electron chi connectivity index (χ4n) is 4.09. The van der Waals surface area contributed by atoms with Crippen molar-refractivity contribution in [2.45, 2.75) is 58.9 Å². The summed E-state index contributed by atoms with van der Waals surface area (Å²) in [6, 6.07) is 0.587. The van der Waals surface area contributed by atoms with Crippen molar-refractivity contribution in [3.63, 3.8) is 0 Å². The van der Waals surface area contributed by atoms with Crippen molar-refractivity contribution in [2.75, 3.05) is 39.4 Å². The molecule has 0 spiro atoms. The second kappa shape index (κ2) is 7.77. The monoisotopic (exact) mass is 282 g/mol. The number of nitrogens with zero attached hydrogens (tertiary/aromatic N) is 1. The Morgan fingerprint density at radius 2 is 2.20 bits per heavy atom. The van der Waals surface area contributed by atoms with E-state index in [9.17, 15) is 0 Å². The van der Waals surface area contributed by atoms with E-state index in [1.54, 1.807) is 0 Å². The van der Waals surface area contributed by atoms with Crippen LogP contribution < -0.4 is 5.32 Å². The summed E-state index contributed by atoms with van der Waals surface area (Å²) < 4.78 is 5.60. The molecule has 2 rings (SSSR count). The first-order valence-corrected chi connectivity index (χ1v) is 8.68. The van der Waals surface area contributed by atoms with E-state index in [1.807, 2.05) is 0 Å². The van der Waals surface area contributed by atoms with Gasteiger partial charge in [0.15, 0.2) is 0 Å². The third kappa shape index (κ3) is 4.44. The van der Waals surface area contributed by atoms with Crippen molar-refractivity contribution in [3.8, 4) is 0 Å². The quantitative estimate of drug-likeness (QED) is 0.758. The highest BCUT2D eigenvalue weighted by atomic mass is 16.5. The fraction of sp³-hybridized carbons (Fsp3) is 1.00. The maximum Gasteiger partial charge on any atom is 0.0619 e. The van der Waals surface area contributed by atoms with Gasteiger partial charge in [-0.3, -0.25) is 4.90 Å². The van der Waals surface area contributed by atoms with Crippen LogP contribution in [0.2, 0.25) is 0 Å². The number of nitrogens with one attached hydrogen (secondary N) is 1. The van der Waals surface area contributed by atoms with Crippen LogP contribution in [0.25, 0.3) is 0 Å². The molecule has 1 aliphatic heterocycles. The molecule has 2 aliphatic rings. The minimum atomic E-state index is 0.498. The largest absolute Gasteiger partial charge is 0.379 e. The number of rotatable bonds is 6. The molecule has 20 heavy (non-hydrogen) atoms. The molecule has 0 bridgehead atoms. The molecule has 0 radical (unpaired) electrons. The van der Waals surface area contributed by atoms with Crippen molar-refractivity contribution < 1.29 is 4.74 Å². The molecule has 1 saturated heterocycles. The van der Waals surface area contributed by atoms with E-state index in [4.69, 9.17) is 4.74 Å². The molecule has 0 aromatic carbocycles. The molecule has 2 fully saturated rings. The second-order valence-corrected chi connectivity index (χ2v) is 7.27. The van der Waals surface area contributed by atoms with Crippen molar-refractivity contribution in [3.05, 3.63) is 0 Å². The molecule has 3 atom stereocenters. The number of hydrogen-bond donors (Lipinski definition) is 1. The summed E-state index contributed by atoms with van der Waals surface area (Å²) in [5, 5.41) is 3.71. The SMILES string of the molecule is CCCNCC1(CN2CCOCC2C)CCCC(C)C1. The van der Waals surface area contributed by atoms with E-state index < -0.39 is 0 Å². The molecule has 118 valence electrons. The average molecular weight is 282 g/mol. The highest BCUT2D eigenvalue weighted by Crippen LogP contribution is 2.40. The van der Waals surface area contributed by atoms with Gasteiger partial charge in [-0.25, -0.2) is 0 Å². The minimum Gasteiger partial charge on any atom is -0.379 e. The van der Waals surface area contributed by atoms with Crippen LogP contribution in [0.15, 0.2) is 0 Å². The lowest BCUT2D eigenvalue weighted by Gasteiger charge is -2.46. The van der Waals surface area contributed by atoms with E-state index in [1.165, 1.54) is 45.2 Å². The van der Waals surface area contributed by atoms with Crippen molar-refractivity contribution >= 4 is 0 Å². The lowest BCUT2D eigenvalue weighted by atomic mass is 9.69. The molecule has 3 unspecified atom stereocenters. The van der Waals surface area contributed by atoms with Crippen molar-refractivity contribution in [1.82, 2.24) is 10.2 Å². The van der Waals surface area contributed by atoms with Gasteiger partial charge in [-0.05, 0) is 44.1 Å². The predicted molar refractivity (Wildman–Crippen MR) is 85.1 cm³/mol. The van der Waals surface area contributed by atoms with Gasteiger partial charge in [0.2, 0.25) is 0 Å². The summed E-state index contributed by atoms with van der Waals surface area (Å²) in [5.41, 5.74) is 0.498. The molecule has 1 heterocycles. The van der Waals surface area contributed by atoms with Crippen LogP contribution in [-0.2, 0) is 4.74 Å². The van der Waals surface area contributed by atoms with Crippen LogP contribution in [0, 0.1) is 11.3 Å². The van der Waals surface area contributed by atoms with Gasteiger partial charge in [-0.15, -0.1) is 0 Å². The Labute approximate surface area is 125 Å². The van der Waals surface area contributed by atoms with Gasteiger partial charge in [0, 0.05) is 25.7 Å². The summed E-state index contributed by atoms with van der Waals surface area (Å²) in [6.45, 7) is 13.6. The number of ether oxygens (including phenoxy) is 1. The van der Waals surface area contributed by atoms with Gasteiger partial charge in [0.25, 0.3) is 0 Å². The third-order valence-corrected chi connectivity index (χ3v) is 5.16. The Balaban J connectivity index is 1.97. The van der Waals surface area contributed by atoms with Crippen LogP contribution in [-0.4, -0.2) is 50.3 Å². The molecule has 0 amide bonds. The molecule has 1 N–H and O–H groups in total. The summed E-state index contributed by atoms with van der Waals surface area (Å²) in [6.07, 6.45) is 6.87. The molecule has 1 saturated carbocycles. The number of morpholine rings is 1. The zero-order chi connectivity index (χ0) is 14.4. The summed E-state index contributed by atoms with van der Waals surface area (Å²) >= 11 is 0. The Bertz CT molecular complexity index is 284. The topological polar surface area (TPSA) is 24.5 Å². The van der Waals surface area contributed by atoms with Crippen LogP contribution in [0.1, 0.15) is 52.9 Å². The molecule has 1 aliphatic carbocycles. The smallest absolute Gasteiger partial charge is 0.0619 e. The summed E-state index contributed by atoms with van der Waals surface area (Å²) in [5.74, 6) is 0.892. The first-order valence-electron chi connectivity index (χ1n) is 8.68. The fourth-order valence-corrected chi connectivity index (χ4v) is 4.09. The molecular weight excluding hydrogens is 248 g/mol. The molecule has 3 nitrogen and oxygen atoms in total. The maximum atomic E-state index is 5.60. The maximum absolute atomic E-state index is 5.60. The van der Waals surface area contributed by atoms with E-state index >= 15 is 0 Å². The van der Waals surface area contributed by atoms with Crippen molar-refractivity contribution in [2.24, 2.45) is 11.3 Å². The highest BCUT2D eigenvalue weighted by Gasteiger charge is 2.37. The van der Waals surface area contributed by atoms with Gasteiger partial charge in [0.05, 0.1) is 13.2 Å². The van der Waals surface area contributed by atoms with Gasteiger partial charge in [-0.2, -0.15) is 0 Å². The van der Waals surface area contributed by atoms with Gasteiger partial charge in [0.1, 0.15) is 0 Å². The second-order valence-electron chi connectivity index (χ2n) is 7.27. The summed E-state index contributed by atoms with van der Waals surface area (Å²) in [4.78, 5) is 2.68. The van der Waals surface area contributed by atoms with E-state index in [2.05, 4.69) is 31.0 Å². The lowest BCUT2D eigenvalue weighted by molar-refractivity contribution is -0.0306. The Kier molecular flexibility index (Phi) is 6.31. The zero-order valence-corrected chi connectivity index (χ0v) is 13.8. The van der Waals surface area contributed by atoms with Crippen LogP contribution in [0.5, 0.6) is 0 Å². The molecule has 0 aromatic heterocycles. The van der Waals surface area contributed by atoms with Gasteiger partial charge in [-0.1, -0.05) is 26.7 Å². The first kappa shape index (κ1) is 16.3. The van der Waals surface area contributed by atoms with Crippen LogP contribution >= 0.6 is 0 Å². The average Bonchev–Trinajstić information content (AvgIpc) is 2.42. The van der Waals surface area contributed by atoms with E-state index in [-0.39, 0.29) is 0 Å². The predicted octanol–water partition coefficient (Wildman–Crippen LogP) is 2.90. The van der Waals surface area contributed by atoms with Crippen LogP contribution in [0.3, 0.4) is 0 Å². The Hall–Kier alpha value is -0.120. The minimum absolute atomic E-state index is 0.498. The normalized spacial score (nSPS) is 36.1. The standard InChI is InChI=1S/C17H34N2O/c1-4-8-18-13-17(7-5-6-15(2)11-17)14-19-9-10-20-12-16(19)3/h15-16,18H,4-14H2,1-3H3. The highest BCUT2D eigenvalue weighted by molar-refractivity contribution is 4.91. The zero-order valence-electron chi connectivity index (χ0n) is 13.8. The third-order valence-electron chi connectivity index (χ3n) is 5.16. The molecule has 0 aromatic rings. The van der Waals surface area contributed by atoms with Gasteiger partial charge >= 0.3 is 0 Å². The Morgan fingerprint density at radius 3 is 2.90 bits per heavy atom. The summed E-state index contributed by atoms with van der Waals surface area (Å²) in [7, 11) is 0. The van der Waals surface area contributed by atoms with Crippen molar-refractivity contribution in [1.29, 1.82) is 0 Å². The number of hydrogen-bond acceptors (Lipinski definition) is 3. The van der Waals surface area contributed by atoms with Gasteiger partial charge < -0.3 is 10.1 Å². The lowest BCUT2D eigenvalue weighted by Crippen LogP contribution is -2.52. The Morgan fingerprint density at radius 1 is 1.35 bits per heavy atom. The molecular formula is C17H34N2O. The van der Waals surface area contributed by atoms with E-state index in [0.717, 1.165) is 32.2 Å².